The lowest BCUT2D eigenvalue weighted by Gasteiger charge is -2.12. The van der Waals surface area contributed by atoms with Gasteiger partial charge >= 0.3 is 0 Å². The molecule has 28 heavy (non-hydrogen) atoms. The van der Waals surface area contributed by atoms with Gasteiger partial charge in [-0.1, -0.05) is 29.8 Å². The average Bonchev–Trinajstić information content (AvgIpc) is 3.21. The zero-order valence-electron chi connectivity index (χ0n) is 15.6. The molecule has 0 saturated carbocycles. The average molecular weight is 392 g/mol. The van der Waals surface area contributed by atoms with Crippen molar-refractivity contribution in [2.45, 2.75) is 6.92 Å². The van der Waals surface area contributed by atoms with Gasteiger partial charge < -0.3 is 15.4 Å². The van der Waals surface area contributed by atoms with E-state index in [-0.39, 0.29) is 11.6 Å². The Kier molecular flexibility index (Phi) is 6.24. The number of thiophene rings is 1. The Labute approximate surface area is 167 Å². The minimum Gasteiger partial charge on any atom is -0.497 e. The Balaban J connectivity index is 1.83. The van der Waals surface area contributed by atoms with Gasteiger partial charge in [0.05, 0.1) is 7.11 Å². The van der Waals surface area contributed by atoms with Gasteiger partial charge in [-0.05, 0) is 48.7 Å². The van der Waals surface area contributed by atoms with Gasteiger partial charge in [0.25, 0.3) is 11.8 Å². The molecule has 142 valence electrons. The molecule has 0 unspecified atom stereocenters. The number of benzene rings is 2. The number of carbonyl (C=O) groups is 2. The molecular formula is C22H20N2O3S. The van der Waals surface area contributed by atoms with Crippen molar-refractivity contribution in [3.63, 3.8) is 0 Å². The molecule has 1 aromatic heterocycles. The second-order valence-corrected chi connectivity index (χ2v) is 7.06. The lowest BCUT2D eigenvalue weighted by atomic mass is 10.1. The van der Waals surface area contributed by atoms with E-state index in [1.165, 1.54) is 11.3 Å². The van der Waals surface area contributed by atoms with E-state index in [1.54, 1.807) is 49.6 Å². The second kappa shape index (κ2) is 9.01. The van der Waals surface area contributed by atoms with Gasteiger partial charge in [-0.15, -0.1) is 11.3 Å². The van der Waals surface area contributed by atoms with Crippen LogP contribution in [0.15, 0.2) is 71.7 Å². The fourth-order valence-corrected chi connectivity index (χ4v) is 3.13. The third kappa shape index (κ3) is 5.08. The van der Waals surface area contributed by atoms with E-state index in [4.69, 9.17) is 4.74 Å². The summed E-state index contributed by atoms with van der Waals surface area (Å²) in [7, 11) is 1.56. The SMILES string of the molecule is COc1cccc(NC(=O)/C(=C/c2cccs2)NC(=O)c2ccc(C)cc2)c1. The summed E-state index contributed by atoms with van der Waals surface area (Å²) in [6.45, 7) is 1.95. The number of methoxy groups -OCH3 is 1. The second-order valence-electron chi connectivity index (χ2n) is 6.08. The van der Waals surface area contributed by atoms with E-state index in [9.17, 15) is 9.59 Å². The van der Waals surface area contributed by atoms with Crippen molar-refractivity contribution in [3.8, 4) is 5.75 Å². The minimum absolute atomic E-state index is 0.163. The van der Waals surface area contributed by atoms with Gasteiger partial charge in [-0.25, -0.2) is 0 Å². The number of ether oxygens (including phenoxy) is 1. The van der Waals surface area contributed by atoms with E-state index in [2.05, 4.69) is 10.6 Å². The zero-order valence-corrected chi connectivity index (χ0v) is 16.4. The van der Waals surface area contributed by atoms with Crippen LogP contribution in [0, 0.1) is 6.92 Å². The molecule has 6 heteroatoms. The summed E-state index contributed by atoms with van der Waals surface area (Å²) < 4.78 is 5.18. The molecule has 0 aliphatic carbocycles. The molecule has 2 N–H and O–H groups in total. The first-order chi connectivity index (χ1) is 13.5. The van der Waals surface area contributed by atoms with Gasteiger partial charge in [0, 0.05) is 22.2 Å². The zero-order chi connectivity index (χ0) is 19.9. The number of amides is 2. The van der Waals surface area contributed by atoms with Gasteiger partial charge in [0.15, 0.2) is 0 Å². The molecule has 0 aliphatic rings. The highest BCUT2D eigenvalue weighted by molar-refractivity contribution is 7.10. The number of aryl methyl sites for hydroxylation is 1. The summed E-state index contributed by atoms with van der Waals surface area (Å²) >= 11 is 1.48. The summed E-state index contributed by atoms with van der Waals surface area (Å²) in [5.41, 5.74) is 2.28. The molecule has 5 nitrogen and oxygen atoms in total. The van der Waals surface area contributed by atoms with E-state index in [1.807, 2.05) is 36.6 Å². The highest BCUT2D eigenvalue weighted by atomic mass is 32.1. The third-order valence-corrected chi connectivity index (χ3v) is 4.78. The van der Waals surface area contributed by atoms with Crippen LogP contribution in [0.2, 0.25) is 0 Å². The largest absolute Gasteiger partial charge is 0.497 e. The standard InChI is InChI=1S/C22H20N2O3S/c1-15-8-10-16(11-9-15)21(25)24-20(14-19-7-4-12-28-19)22(26)23-17-5-3-6-18(13-17)27-2/h3-14H,1-2H3,(H,23,26)(H,24,25)/b20-14-. The Hall–Kier alpha value is -3.38. The Morgan fingerprint density at radius 3 is 2.50 bits per heavy atom. The number of nitrogens with one attached hydrogen (secondary N) is 2. The van der Waals surface area contributed by atoms with Crippen molar-refractivity contribution in [2.24, 2.45) is 0 Å². The molecular weight excluding hydrogens is 372 g/mol. The summed E-state index contributed by atoms with van der Waals surface area (Å²) in [6.07, 6.45) is 1.66. The van der Waals surface area contributed by atoms with Crippen molar-refractivity contribution < 1.29 is 14.3 Å². The van der Waals surface area contributed by atoms with Gasteiger partial charge in [0.2, 0.25) is 0 Å². The van der Waals surface area contributed by atoms with Crippen LogP contribution in [-0.4, -0.2) is 18.9 Å². The van der Waals surface area contributed by atoms with Gasteiger partial charge in [-0.2, -0.15) is 0 Å². The maximum Gasteiger partial charge on any atom is 0.272 e. The molecule has 2 amide bonds. The summed E-state index contributed by atoms with van der Waals surface area (Å²) in [4.78, 5) is 26.3. The molecule has 0 atom stereocenters. The van der Waals surface area contributed by atoms with Crippen LogP contribution in [0.1, 0.15) is 20.8 Å². The highest BCUT2D eigenvalue weighted by Gasteiger charge is 2.15. The third-order valence-electron chi connectivity index (χ3n) is 3.96. The van der Waals surface area contributed by atoms with Crippen LogP contribution < -0.4 is 15.4 Å². The monoisotopic (exact) mass is 392 g/mol. The van der Waals surface area contributed by atoms with Crippen LogP contribution >= 0.6 is 11.3 Å². The van der Waals surface area contributed by atoms with Crippen LogP contribution in [0.3, 0.4) is 0 Å². The minimum atomic E-state index is -0.415. The smallest absolute Gasteiger partial charge is 0.272 e. The first-order valence-corrected chi connectivity index (χ1v) is 9.52. The fraction of sp³-hybridized carbons (Fsp3) is 0.0909. The molecule has 2 aromatic carbocycles. The quantitative estimate of drug-likeness (QED) is 0.608. The normalized spacial score (nSPS) is 11.0. The number of rotatable bonds is 6. The molecule has 0 fully saturated rings. The number of carbonyl (C=O) groups excluding carboxylic acids is 2. The fourth-order valence-electron chi connectivity index (χ4n) is 2.47. The van der Waals surface area contributed by atoms with Gasteiger partial charge in [-0.3, -0.25) is 9.59 Å². The van der Waals surface area contributed by atoms with Crippen molar-refractivity contribution in [2.75, 3.05) is 12.4 Å². The topological polar surface area (TPSA) is 67.4 Å². The molecule has 0 bridgehead atoms. The summed E-state index contributed by atoms with van der Waals surface area (Å²) in [5.74, 6) is -0.129. The molecule has 3 aromatic rings. The first-order valence-electron chi connectivity index (χ1n) is 8.64. The van der Waals surface area contributed by atoms with E-state index < -0.39 is 5.91 Å². The van der Waals surface area contributed by atoms with Crippen LogP contribution in [0.4, 0.5) is 5.69 Å². The Bertz CT molecular complexity index is 993. The molecule has 3 rings (SSSR count). The molecule has 0 radical (unpaired) electrons. The van der Waals surface area contributed by atoms with E-state index in [0.29, 0.717) is 17.0 Å². The molecule has 0 saturated heterocycles. The van der Waals surface area contributed by atoms with Crippen LogP contribution in [0.25, 0.3) is 6.08 Å². The Morgan fingerprint density at radius 2 is 1.82 bits per heavy atom. The van der Waals surface area contributed by atoms with Crippen molar-refractivity contribution in [1.82, 2.24) is 5.32 Å². The predicted octanol–water partition coefficient (Wildman–Crippen LogP) is 4.47. The molecule has 0 spiro atoms. The number of anilines is 1. The molecule has 0 aliphatic heterocycles. The summed E-state index contributed by atoms with van der Waals surface area (Å²) in [5, 5.41) is 7.43. The van der Waals surface area contributed by atoms with E-state index >= 15 is 0 Å². The maximum absolute atomic E-state index is 12.8. The van der Waals surface area contributed by atoms with Crippen molar-refractivity contribution in [3.05, 3.63) is 87.7 Å². The van der Waals surface area contributed by atoms with Crippen LogP contribution in [-0.2, 0) is 4.79 Å². The first kappa shape index (κ1) is 19.4. The summed E-state index contributed by atoms with van der Waals surface area (Å²) in [6, 6.07) is 18.0. The predicted molar refractivity (Wildman–Crippen MR) is 113 cm³/mol. The maximum atomic E-state index is 12.8. The Morgan fingerprint density at radius 1 is 1.04 bits per heavy atom. The van der Waals surface area contributed by atoms with Crippen molar-refractivity contribution >= 4 is 34.9 Å². The molecule has 1 heterocycles. The number of hydrogen-bond acceptors (Lipinski definition) is 4. The van der Waals surface area contributed by atoms with E-state index in [0.717, 1.165) is 10.4 Å². The van der Waals surface area contributed by atoms with Crippen molar-refractivity contribution in [1.29, 1.82) is 0 Å². The van der Waals surface area contributed by atoms with Gasteiger partial charge in [0.1, 0.15) is 11.4 Å². The number of hydrogen-bond donors (Lipinski definition) is 2. The highest BCUT2D eigenvalue weighted by Crippen LogP contribution is 2.18. The lowest BCUT2D eigenvalue weighted by molar-refractivity contribution is -0.113. The lowest BCUT2D eigenvalue weighted by Crippen LogP contribution is -2.30. The van der Waals surface area contributed by atoms with Crippen LogP contribution in [0.5, 0.6) is 5.75 Å².